The SMILES string of the molecule is CO[Si](CCC(F)(F)C(F)(F)Br)(OC)OC. The molecule has 0 aliphatic carbocycles. The van der Waals surface area contributed by atoms with E-state index < -0.39 is 32.0 Å². The van der Waals surface area contributed by atoms with Crippen LogP contribution in [0.3, 0.4) is 0 Å². The lowest BCUT2D eigenvalue weighted by molar-refractivity contribution is -0.149. The number of halogens is 5. The van der Waals surface area contributed by atoms with E-state index in [1.807, 2.05) is 0 Å². The maximum atomic E-state index is 12.9. The third-order valence-corrected chi connectivity index (χ3v) is 5.40. The molecule has 0 unspecified atom stereocenters. The number of alkyl halides is 5. The van der Waals surface area contributed by atoms with Gasteiger partial charge in [0, 0.05) is 33.8 Å². The largest absolute Gasteiger partial charge is 0.500 e. The summed E-state index contributed by atoms with van der Waals surface area (Å²) in [6.45, 7) is 0. The zero-order valence-electron chi connectivity index (χ0n) is 9.03. The van der Waals surface area contributed by atoms with Crippen molar-refractivity contribution >= 4 is 24.7 Å². The smallest absolute Gasteiger partial charge is 0.377 e. The molecule has 0 N–H and O–H groups in total. The summed E-state index contributed by atoms with van der Waals surface area (Å²) < 4.78 is 65.3. The van der Waals surface area contributed by atoms with Crippen LogP contribution in [0.1, 0.15) is 6.42 Å². The topological polar surface area (TPSA) is 27.7 Å². The van der Waals surface area contributed by atoms with Crippen LogP contribution in [0.15, 0.2) is 0 Å². The lowest BCUT2D eigenvalue weighted by Gasteiger charge is -2.27. The molecule has 3 nitrogen and oxygen atoms in total. The molecule has 16 heavy (non-hydrogen) atoms. The highest BCUT2D eigenvalue weighted by molar-refractivity contribution is 9.10. The summed E-state index contributed by atoms with van der Waals surface area (Å²) in [6, 6.07) is -0.398. The average Bonchev–Trinajstić information content (AvgIpc) is 2.19. The second-order valence-corrected chi connectivity index (χ2v) is 7.08. The first-order chi connectivity index (χ1) is 7.14. The van der Waals surface area contributed by atoms with Crippen LogP contribution in [-0.2, 0) is 13.3 Å². The van der Waals surface area contributed by atoms with Crippen molar-refractivity contribution < 1.29 is 30.8 Å². The fourth-order valence-electron chi connectivity index (χ4n) is 1.01. The van der Waals surface area contributed by atoms with Gasteiger partial charge in [-0.3, -0.25) is 0 Å². The second-order valence-electron chi connectivity index (χ2n) is 3.00. The van der Waals surface area contributed by atoms with Gasteiger partial charge in [-0.05, 0) is 15.9 Å². The van der Waals surface area contributed by atoms with Crippen LogP contribution in [0.25, 0.3) is 0 Å². The Hall–Kier alpha value is 0.297. The van der Waals surface area contributed by atoms with Gasteiger partial charge in [-0.1, -0.05) is 0 Å². The molecule has 0 spiro atoms. The zero-order valence-corrected chi connectivity index (χ0v) is 11.6. The van der Waals surface area contributed by atoms with Gasteiger partial charge < -0.3 is 13.3 Å². The monoisotopic (exact) mass is 328 g/mol. The van der Waals surface area contributed by atoms with Crippen molar-refractivity contribution in [1.29, 1.82) is 0 Å². The lowest BCUT2D eigenvalue weighted by Crippen LogP contribution is -2.45. The van der Waals surface area contributed by atoms with Gasteiger partial charge in [0.1, 0.15) is 0 Å². The van der Waals surface area contributed by atoms with Crippen molar-refractivity contribution in [2.45, 2.75) is 23.2 Å². The maximum Gasteiger partial charge on any atom is 0.500 e. The van der Waals surface area contributed by atoms with E-state index in [1.54, 1.807) is 15.9 Å². The van der Waals surface area contributed by atoms with E-state index in [0.717, 1.165) is 0 Å². The van der Waals surface area contributed by atoms with Crippen LogP contribution in [0.5, 0.6) is 0 Å². The molecule has 0 bridgehead atoms. The average molecular weight is 329 g/mol. The van der Waals surface area contributed by atoms with E-state index in [4.69, 9.17) is 13.3 Å². The van der Waals surface area contributed by atoms with E-state index >= 15 is 0 Å². The molecule has 0 rings (SSSR count). The summed E-state index contributed by atoms with van der Waals surface area (Å²) in [5, 5.41) is 0. The summed E-state index contributed by atoms with van der Waals surface area (Å²) in [5.74, 6) is -4.18. The minimum atomic E-state index is -4.25. The molecular weight excluding hydrogens is 316 g/mol. The Balaban J connectivity index is 4.54. The van der Waals surface area contributed by atoms with Gasteiger partial charge in [0.2, 0.25) is 0 Å². The van der Waals surface area contributed by atoms with Crippen LogP contribution >= 0.6 is 15.9 Å². The van der Waals surface area contributed by atoms with E-state index in [-0.39, 0.29) is 0 Å². The Kier molecular flexibility index (Phi) is 5.87. The highest BCUT2D eigenvalue weighted by Crippen LogP contribution is 2.43. The van der Waals surface area contributed by atoms with Gasteiger partial charge in [0.05, 0.1) is 0 Å². The number of rotatable bonds is 7. The Morgan fingerprint density at radius 2 is 1.38 bits per heavy atom. The highest BCUT2D eigenvalue weighted by Gasteiger charge is 2.56. The van der Waals surface area contributed by atoms with E-state index in [0.29, 0.717) is 0 Å². The Labute approximate surface area is 101 Å². The highest BCUT2D eigenvalue weighted by atomic mass is 79.9. The Bertz CT molecular complexity index is 210. The van der Waals surface area contributed by atoms with Gasteiger partial charge in [0.25, 0.3) is 0 Å². The first-order valence-electron chi connectivity index (χ1n) is 4.24. The van der Waals surface area contributed by atoms with Gasteiger partial charge in [-0.25, -0.2) is 0 Å². The molecule has 0 heterocycles. The number of hydrogen-bond acceptors (Lipinski definition) is 3. The third-order valence-electron chi connectivity index (χ3n) is 2.09. The van der Waals surface area contributed by atoms with E-state index in [2.05, 4.69) is 0 Å². The van der Waals surface area contributed by atoms with Crippen molar-refractivity contribution in [1.82, 2.24) is 0 Å². The van der Waals surface area contributed by atoms with Gasteiger partial charge in [-0.15, -0.1) is 0 Å². The normalized spacial score (nSPS) is 14.2. The summed E-state index contributed by atoms with van der Waals surface area (Å²) in [6.07, 6.45) is -1.09. The van der Waals surface area contributed by atoms with Crippen molar-refractivity contribution in [3.05, 3.63) is 0 Å². The summed E-state index contributed by atoms with van der Waals surface area (Å²) in [5.41, 5.74) is 0. The van der Waals surface area contributed by atoms with Crippen LogP contribution in [0, 0.1) is 0 Å². The lowest BCUT2D eigenvalue weighted by atomic mass is 10.3. The molecule has 9 heteroatoms. The minimum absolute atomic E-state index is 0.398. The summed E-state index contributed by atoms with van der Waals surface area (Å²) >= 11 is 1.64. The van der Waals surface area contributed by atoms with Crippen molar-refractivity contribution in [2.75, 3.05) is 21.3 Å². The maximum absolute atomic E-state index is 12.9. The Morgan fingerprint density at radius 1 is 1.00 bits per heavy atom. The van der Waals surface area contributed by atoms with E-state index in [9.17, 15) is 17.6 Å². The van der Waals surface area contributed by atoms with Crippen LogP contribution in [-0.4, -0.2) is 40.9 Å². The molecule has 0 atom stereocenters. The summed E-state index contributed by atoms with van der Waals surface area (Å²) in [7, 11) is 0.437. The standard InChI is InChI=1S/C7H13BrF4O3Si/c1-13-16(14-2,15-3)5-4-6(9,10)7(8,11)12/h4-5H2,1-3H3. The molecule has 0 aliphatic rings. The van der Waals surface area contributed by atoms with Crippen molar-refractivity contribution in [2.24, 2.45) is 0 Å². The molecule has 0 fully saturated rings. The zero-order chi connectivity index (χ0) is 13.0. The quantitative estimate of drug-likeness (QED) is 0.408. The molecule has 0 aliphatic heterocycles. The molecule has 0 saturated carbocycles. The van der Waals surface area contributed by atoms with Crippen molar-refractivity contribution in [3.8, 4) is 0 Å². The molecular formula is C7H13BrF4O3Si. The molecule has 0 radical (unpaired) electrons. The van der Waals surface area contributed by atoms with Gasteiger partial charge in [0.15, 0.2) is 0 Å². The predicted octanol–water partition coefficient (Wildman–Crippen LogP) is 2.88. The fraction of sp³-hybridized carbons (Fsp3) is 1.00. The van der Waals surface area contributed by atoms with Gasteiger partial charge in [-0.2, -0.15) is 17.6 Å². The first kappa shape index (κ1) is 16.3. The van der Waals surface area contributed by atoms with Crippen molar-refractivity contribution in [3.63, 3.8) is 0 Å². The molecule has 0 amide bonds. The minimum Gasteiger partial charge on any atom is -0.377 e. The molecule has 0 aromatic rings. The van der Waals surface area contributed by atoms with Crippen LogP contribution < -0.4 is 0 Å². The first-order valence-corrected chi connectivity index (χ1v) is 6.96. The van der Waals surface area contributed by atoms with Crippen LogP contribution in [0.4, 0.5) is 17.6 Å². The fourth-order valence-corrected chi connectivity index (χ4v) is 2.94. The predicted molar refractivity (Wildman–Crippen MR) is 55.0 cm³/mol. The second kappa shape index (κ2) is 5.76. The van der Waals surface area contributed by atoms with Gasteiger partial charge >= 0.3 is 19.6 Å². The number of hydrogen-bond donors (Lipinski definition) is 0. The molecule has 98 valence electrons. The Morgan fingerprint density at radius 3 is 1.62 bits per heavy atom. The van der Waals surface area contributed by atoms with Crippen LogP contribution in [0.2, 0.25) is 6.04 Å². The molecule has 0 saturated heterocycles. The summed E-state index contributed by atoms with van der Waals surface area (Å²) in [4.78, 5) is -4.25. The molecule has 0 aromatic carbocycles. The third kappa shape index (κ3) is 3.95. The van der Waals surface area contributed by atoms with E-state index in [1.165, 1.54) is 21.3 Å². The molecule has 0 aromatic heterocycles.